The molecule has 5 atom stereocenters. The van der Waals surface area contributed by atoms with Crippen LogP contribution in [0.5, 0.6) is 0 Å². The summed E-state index contributed by atoms with van der Waals surface area (Å²) in [7, 11) is -0.910. The summed E-state index contributed by atoms with van der Waals surface area (Å²) in [5.74, 6) is 0. The molecule has 1 saturated heterocycles. The number of nitrogens with two attached hydrogens (primary N) is 1. The van der Waals surface area contributed by atoms with Gasteiger partial charge in [-0.1, -0.05) is 24.3 Å². The van der Waals surface area contributed by atoms with E-state index in [2.05, 4.69) is 18.2 Å². The highest BCUT2D eigenvalue weighted by molar-refractivity contribution is 7.86. The molecule has 1 aromatic carbocycles. The van der Waals surface area contributed by atoms with E-state index >= 15 is 0 Å². The van der Waals surface area contributed by atoms with E-state index in [9.17, 15) is 4.21 Å². The number of aryl methyl sites for hydroxylation is 1. The molecule has 1 fully saturated rings. The highest BCUT2D eigenvalue weighted by Gasteiger charge is 2.37. The van der Waals surface area contributed by atoms with Crippen molar-refractivity contribution < 1.29 is 8.95 Å². The largest absolute Gasteiger partial charge is 0.377 e. The minimum Gasteiger partial charge on any atom is -0.377 e. The molecule has 1 aliphatic carbocycles. The van der Waals surface area contributed by atoms with Gasteiger partial charge in [-0.05, 0) is 43.7 Å². The summed E-state index contributed by atoms with van der Waals surface area (Å²) in [4.78, 5) is 0. The van der Waals surface area contributed by atoms with Gasteiger partial charge in [0.15, 0.2) is 0 Å². The zero-order chi connectivity index (χ0) is 14.1. The number of ether oxygens (including phenoxy) is 1. The van der Waals surface area contributed by atoms with Gasteiger partial charge in [-0.25, -0.2) is 0 Å². The first-order chi connectivity index (χ1) is 9.68. The van der Waals surface area contributed by atoms with Crippen molar-refractivity contribution in [1.82, 2.24) is 0 Å². The van der Waals surface area contributed by atoms with Gasteiger partial charge in [0.2, 0.25) is 0 Å². The van der Waals surface area contributed by atoms with Crippen LogP contribution in [0, 0.1) is 0 Å². The first-order valence-electron chi connectivity index (χ1n) is 7.53. The van der Waals surface area contributed by atoms with Crippen molar-refractivity contribution in [3.63, 3.8) is 0 Å². The molecule has 1 heterocycles. The van der Waals surface area contributed by atoms with E-state index in [1.807, 2.05) is 13.0 Å². The van der Waals surface area contributed by atoms with Crippen molar-refractivity contribution in [1.29, 1.82) is 0 Å². The SMILES string of the molecule is CC1OCCC1S(=O)C1CCCc2ccccc2C1N. The smallest absolute Gasteiger partial charge is 0.0691 e. The molecule has 0 spiro atoms. The van der Waals surface area contributed by atoms with Crippen molar-refractivity contribution in [2.75, 3.05) is 6.61 Å². The van der Waals surface area contributed by atoms with Crippen molar-refractivity contribution in [2.24, 2.45) is 5.73 Å². The Balaban J connectivity index is 1.85. The Morgan fingerprint density at radius 2 is 2.05 bits per heavy atom. The maximum atomic E-state index is 12.9. The van der Waals surface area contributed by atoms with Crippen molar-refractivity contribution in [3.8, 4) is 0 Å². The molecule has 110 valence electrons. The predicted molar refractivity (Wildman–Crippen MR) is 82.1 cm³/mol. The van der Waals surface area contributed by atoms with Gasteiger partial charge < -0.3 is 10.5 Å². The van der Waals surface area contributed by atoms with Gasteiger partial charge in [0.05, 0.1) is 16.6 Å². The van der Waals surface area contributed by atoms with Crippen LogP contribution in [-0.4, -0.2) is 27.4 Å². The first kappa shape index (κ1) is 14.2. The Labute approximate surface area is 123 Å². The maximum Gasteiger partial charge on any atom is 0.0691 e. The number of rotatable bonds is 2. The second-order valence-electron chi connectivity index (χ2n) is 5.89. The molecule has 2 N–H and O–H groups in total. The van der Waals surface area contributed by atoms with Crippen LogP contribution < -0.4 is 5.73 Å². The van der Waals surface area contributed by atoms with E-state index in [1.54, 1.807) is 0 Å². The fourth-order valence-electron chi connectivity index (χ4n) is 3.46. The van der Waals surface area contributed by atoms with E-state index in [-0.39, 0.29) is 22.6 Å². The average Bonchev–Trinajstić information content (AvgIpc) is 2.81. The molecule has 3 rings (SSSR count). The molecule has 0 aromatic heterocycles. The lowest BCUT2D eigenvalue weighted by Gasteiger charge is -2.26. The molecule has 0 amide bonds. The van der Waals surface area contributed by atoms with E-state index in [4.69, 9.17) is 10.5 Å². The molecule has 4 heteroatoms. The summed E-state index contributed by atoms with van der Waals surface area (Å²) >= 11 is 0. The molecule has 0 saturated carbocycles. The Hall–Kier alpha value is -0.710. The van der Waals surface area contributed by atoms with Crippen LogP contribution in [0.15, 0.2) is 24.3 Å². The van der Waals surface area contributed by atoms with Gasteiger partial charge in [-0.2, -0.15) is 0 Å². The number of benzene rings is 1. The van der Waals surface area contributed by atoms with Crippen LogP contribution in [-0.2, 0) is 22.0 Å². The molecule has 5 unspecified atom stereocenters. The van der Waals surface area contributed by atoms with Gasteiger partial charge in [0.25, 0.3) is 0 Å². The maximum absolute atomic E-state index is 12.9. The monoisotopic (exact) mass is 293 g/mol. The Kier molecular flexibility index (Phi) is 4.24. The topological polar surface area (TPSA) is 52.3 Å². The van der Waals surface area contributed by atoms with Crippen LogP contribution in [0.4, 0.5) is 0 Å². The van der Waals surface area contributed by atoms with E-state index in [1.165, 1.54) is 11.1 Å². The molecular formula is C16H23NO2S. The highest BCUT2D eigenvalue weighted by Crippen LogP contribution is 2.33. The second kappa shape index (κ2) is 5.96. The normalized spacial score (nSPS) is 35.3. The van der Waals surface area contributed by atoms with Gasteiger partial charge >= 0.3 is 0 Å². The van der Waals surface area contributed by atoms with Crippen LogP contribution >= 0.6 is 0 Å². The van der Waals surface area contributed by atoms with Gasteiger partial charge in [0.1, 0.15) is 0 Å². The minimum absolute atomic E-state index is 0.0628. The van der Waals surface area contributed by atoms with Crippen LogP contribution in [0.25, 0.3) is 0 Å². The average molecular weight is 293 g/mol. The molecule has 20 heavy (non-hydrogen) atoms. The van der Waals surface area contributed by atoms with Gasteiger partial charge in [-0.3, -0.25) is 4.21 Å². The zero-order valence-corrected chi connectivity index (χ0v) is 12.8. The van der Waals surface area contributed by atoms with Crippen molar-refractivity contribution in [3.05, 3.63) is 35.4 Å². The number of fused-ring (bicyclic) bond motifs is 1. The zero-order valence-electron chi connectivity index (χ0n) is 12.0. The molecule has 1 aliphatic heterocycles. The highest BCUT2D eigenvalue weighted by atomic mass is 32.2. The third kappa shape index (κ3) is 2.57. The summed E-state index contributed by atoms with van der Waals surface area (Å²) < 4.78 is 18.5. The second-order valence-corrected chi connectivity index (χ2v) is 7.75. The molecular weight excluding hydrogens is 270 g/mol. The Morgan fingerprint density at radius 1 is 1.25 bits per heavy atom. The Bertz CT molecular complexity index is 505. The standard InChI is InChI=1S/C16H23NO2S/c1-11-14(9-10-19-11)20(18)15-8-4-6-12-5-2-3-7-13(12)16(15)17/h2-3,5,7,11,14-16H,4,6,8-10,17H2,1H3. The van der Waals surface area contributed by atoms with E-state index in [0.29, 0.717) is 0 Å². The summed E-state index contributed by atoms with van der Waals surface area (Å²) in [6, 6.07) is 8.25. The molecule has 0 radical (unpaired) electrons. The lowest BCUT2D eigenvalue weighted by atomic mass is 10.00. The summed E-state index contributed by atoms with van der Waals surface area (Å²) in [5, 5.41) is 0.212. The minimum atomic E-state index is -0.910. The lowest BCUT2D eigenvalue weighted by molar-refractivity contribution is 0.126. The lowest BCUT2D eigenvalue weighted by Crippen LogP contribution is -2.37. The third-order valence-corrected chi connectivity index (χ3v) is 6.99. The summed E-state index contributed by atoms with van der Waals surface area (Å²) in [6.07, 6.45) is 4.07. The van der Waals surface area contributed by atoms with Crippen LogP contribution in [0.1, 0.15) is 43.4 Å². The summed E-state index contributed by atoms with van der Waals surface area (Å²) in [6.45, 7) is 2.77. The fraction of sp³-hybridized carbons (Fsp3) is 0.625. The summed E-state index contributed by atoms with van der Waals surface area (Å²) in [5.41, 5.74) is 8.99. The van der Waals surface area contributed by atoms with Gasteiger partial charge in [-0.15, -0.1) is 0 Å². The third-order valence-electron chi connectivity index (χ3n) is 4.65. The molecule has 1 aromatic rings. The number of hydrogen-bond donors (Lipinski definition) is 1. The van der Waals surface area contributed by atoms with E-state index in [0.717, 1.165) is 32.3 Å². The fourth-order valence-corrected chi connectivity index (χ4v) is 5.53. The molecule has 0 bridgehead atoms. The first-order valence-corrected chi connectivity index (χ1v) is 8.80. The van der Waals surface area contributed by atoms with E-state index < -0.39 is 10.8 Å². The van der Waals surface area contributed by atoms with Crippen molar-refractivity contribution >= 4 is 10.8 Å². The number of hydrogen-bond acceptors (Lipinski definition) is 3. The van der Waals surface area contributed by atoms with Crippen molar-refractivity contribution in [2.45, 2.75) is 55.3 Å². The Morgan fingerprint density at radius 3 is 2.80 bits per heavy atom. The molecule has 2 aliphatic rings. The van der Waals surface area contributed by atoms with Gasteiger partial charge in [0, 0.05) is 23.4 Å². The van der Waals surface area contributed by atoms with Crippen LogP contribution in [0.2, 0.25) is 0 Å². The predicted octanol–water partition coefficient (Wildman–Crippen LogP) is 2.32. The molecule has 3 nitrogen and oxygen atoms in total. The quantitative estimate of drug-likeness (QED) is 0.851. The van der Waals surface area contributed by atoms with Crippen LogP contribution in [0.3, 0.4) is 0 Å².